The van der Waals surface area contributed by atoms with Gasteiger partial charge in [-0.3, -0.25) is 0 Å². The lowest BCUT2D eigenvalue weighted by Crippen LogP contribution is -2.64. The van der Waals surface area contributed by atoms with E-state index >= 15 is 0 Å². The second kappa shape index (κ2) is 12.9. The normalized spacial score (nSPS) is 12.6. The molecule has 2 aromatic heterocycles. The van der Waals surface area contributed by atoms with Crippen LogP contribution in [0.5, 0.6) is 0 Å². The fourth-order valence-corrected chi connectivity index (χ4v) is 8.87. The molecule has 55 heavy (non-hydrogen) atoms. The number of anilines is 3. The van der Waals surface area contributed by atoms with Crippen molar-refractivity contribution >= 4 is 63.3 Å². The van der Waals surface area contributed by atoms with Gasteiger partial charge in [-0.1, -0.05) is 163 Å². The third-order valence-electron chi connectivity index (χ3n) is 11.5. The van der Waals surface area contributed by atoms with Crippen LogP contribution in [-0.2, 0) is 0 Å². The second-order valence-corrected chi connectivity index (χ2v) is 14.5. The number of nitrogens with zero attached hydrogens (tertiary/aromatic N) is 1. The topological polar surface area (TPSA) is 29.5 Å². The smallest absolute Gasteiger partial charge is 0.246 e. The molecular weight excluding hydrogens is 668 g/mol. The Balaban J connectivity index is 0.985. The number of hydrogen-bond acceptors (Lipinski definition) is 3. The summed E-state index contributed by atoms with van der Waals surface area (Å²) in [5, 5.41) is 0. The van der Waals surface area contributed by atoms with E-state index in [-0.39, 0.29) is 13.4 Å². The third kappa shape index (κ3) is 5.23. The van der Waals surface area contributed by atoms with Gasteiger partial charge >= 0.3 is 0 Å². The lowest BCUT2D eigenvalue weighted by atomic mass is 9.30. The van der Waals surface area contributed by atoms with Gasteiger partial charge in [0.1, 0.15) is 11.5 Å². The predicted molar refractivity (Wildman–Crippen MR) is 230 cm³/mol. The summed E-state index contributed by atoms with van der Waals surface area (Å²) in [6, 6.07) is 68.3. The highest BCUT2D eigenvalue weighted by Gasteiger charge is 2.42. The molecule has 0 unspecified atom stereocenters. The van der Waals surface area contributed by atoms with E-state index in [1.807, 2.05) is 24.3 Å². The number of benzene rings is 7. The van der Waals surface area contributed by atoms with Gasteiger partial charge in [-0.15, -0.1) is 0 Å². The van der Waals surface area contributed by atoms with Crippen molar-refractivity contribution in [3.05, 3.63) is 201 Å². The predicted octanol–water partition coefficient (Wildman–Crippen LogP) is 8.67. The van der Waals surface area contributed by atoms with Gasteiger partial charge in [-0.05, 0) is 80.5 Å². The van der Waals surface area contributed by atoms with Crippen molar-refractivity contribution in [2.24, 2.45) is 0 Å². The Morgan fingerprint density at radius 1 is 0.309 bits per heavy atom. The van der Waals surface area contributed by atoms with Crippen molar-refractivity contribution < 1.29 is 8.83 Å². The average Bonchev–Trinajstić information content (AvgIpc) is 4.01. The van der Waals surface area contributed by atoms with Crippen molar-refractivity contribution in [2.45, 2.75) is 0 Å². The first-order valence-electron chi connectivity index (χ1n) is 18.9. The zero-order chi connectivity index (χ0) is 36.3. The SMILES string of the molecule is c1coc(-c2ccc(-c3ccc(B4c5ccccc5N5c6ccccc6B(c6ccc(-c7ccc(-c8ccco8)cc7)cc6)c6cccc4c65)cc3)cc2)c1. The monoisotopic (exact) mass is 701 g/mol. The minimum absolute atomic E-state index is 0.0928. The van der Waals surface area contributed by atoms with Gasteiger partial charge in [-0.2, -0.15) is 0 Å². The number of fused-ring (bicyclic) bond motifs is 4. The van der Waals surface area contributed by atoms with Gasteiger partial charge in [0.25, 0.3) is 0 Å². The van der Waals surface area contributed by atoms with Crippen LogP contribution in [0.3, 0.4) is 0 Å². The summed E-state index contributed by atoms with van der Waals surface area (Å²) in [5.74, 6) is 1.76. The number of para-hydroxylation sites is 3. The van der Waals surface area contributed by atoms with E-state index in [1.165, 1.54) is 72.1 Å². The quantitative estimate of drug-likeness (QED) is 0.163. The van der Waals surface area contributed by atoms with E-state index in [1.54, 1.807) is 12.5 Å². The standard InChI is InChI=1S/C50H33B2NO2/c1-3-12-46-42(8-1)51(40-28-24-36(25-29-40)34-16-20-38(21-17-34)48-14-6-32-54-48)44-10-5-11-45-50(44)53(46)47-13-4-2-9-43(47)52(45)41-30-26-37(27-31-41)35-18-22-39(23-19-35)49-15-7-33-55-49/h1-33H. The molecular formula is C50H33B2NO2. The molecule has 256 valence electrons. The summed E-state index contributed by atoms with van der Waals surface area (Å²) in [4.78, 5) is 2.52. The Labute approximate surface area is 321 Å². The Morgan fingerprint density at radius 3 is 1.07 bits per heavy atom. The van der Waals surface area contributed by atoms with Crippen LogP contribution in [0.25, 0.3) is 44.9 Å². The minimum atomic E-state index is 0.0928. The van der Waals surface area contributed by atoms with Crippen LogP contribution in [-0.4, -0.2) is 13.4 Å². The van der Waals surface area contributed by atoms with Crippen molar-refractivity contribution in [3.8, 4) is 44.9 Å². The van der Waals surface area contributed by atoms with Crippen molar-refractivity contribution in [1.29, 1.82) is 0 Å². The van der Waals surface area contributed by atoms with Gasteiger partial charge in [0.2, 0.25) is 13.4 Å². The molecule has 0 atom stereocenters. The summed E-state index contributed by atoms with van der Waals surface area (Å²) >= 11 is 0. The lowest BCUT2D eigenvalue weighted by Gasteiger charge is -2.43. The van der Waals surface area contributed by atoms with Gasteiger partial charge in [0.15, 0.2) is 0 Å². The Bertz CT molecular complexity index is 2600. The molecule has 0 bridgehead atoms. The molecule has 0 fully saturated rings. The van der Waals surface area contributed by atoms with Crippen LogP contribution in [0.4, 0.5) is 17.1 Å². The van der Waals surface area contributed by atoms with Crippen LogP contribution in [0.1, 0.15) is 0 Å². The Hall–Kier alpha value is -6.97. The maximum Gasteiger partial charge on any atom is 0.246 e. The second-order valence-electron chi connectivity index (χ2n) is 14.5. The van der Waals surface area contributed by atoms with Gasteiger partial charge in [0, 0.05) is 28.2 Å². The van der Waals surface area contributed by atoms with Gasteiger partial charge in [0.05, 0.1) is 12.5 Å². The maximum atomic E-state index is 5.61. The van der Waals surface area contributed by atoms with Crippen LogP contribution in [0, 0.1) is 0 Å². The summed E-state index contributed by atoms with van der Waals surface area (Å²) in [6.45, 7) is 0.186. The number of hydrogen-bond donors (Lipinski definition) is 0. The van der Waals surface area contributed by atoms with Crippen LogP contribution in [0.15, 0.2) is 209 Å². The first kappa shape index (κ1) is 31.5. The van der Waals surface area contributed by atoms with Crippen molar-refractivity contribution in [2.75, 3.05) is 4.90 Å². The first-order chi connectivity index (χ1) is 27.3. The maximum absolute atomic E-state index is 5.61. The molecule has 9 aromatic rings. The van der Waals surface area contributed by atoms with Crippen LogP contribution < -0.4 is 37.7 Å². The molecule has 0 saturated carbocycles. The van der Waals surface area contributed by atoms with Crippen molar-refractivity contribution in [3.63, 3.8) is 0 Å². The molecule has 5 heteroatoms. The van der Waals surface area contributed by atoms with Crippen molar-refractivity contribution in [1.82, 2.24) is 0 Å². The van der Waals surface area contributed by atoms with E-state index in [4.69, 9.17) is 8.83 Å². The van der Waals surface area contributed by atoms with E-state index in [0.29, 0.717) is 0 Å². The molecule has 4 heterocycles. The number of rotatable bonds is 6. The highest BCUT2D eigenvalue weighted by Crippen LogP contribution is 2.37. The number of furan rings is 2. The molecule has 0 aliphatic carbocycles. The van der Waals surface area contributed by atoms with E-state index in [9.17, 15) is 0 Å². The Kier molecular flexibility index (Phi) is 7.38. The minimum Gasteiger partial charge on any atom is -0.464 e. The third-order valence-corrected chi connectivity index (χ3v) is 11.5. The highest BCUT2D eigenvalue weighted by atomic mass is 16.3. The van der Waals surface area contributed by atoms with Crippen LogP contribution in [0.2, 0.25) is 0 Å². The molecule has 0 amide bonds. The van der Waals surface area contributed by atoms with Gasteiger partial charge < -0.3 is 13.7 Å². The average molecular weight is 701 g/mol. The summed E-state index contributed by atoms with van der Waals surface area (Å²) in [6.07, 6.45) is 3.44. The zero-order valence-corrected chi connectivity index (χ0v) is 30.0. The summed E-state index contributed by atoms with van der Waals surface area (Å²) in [7, 11) is 0. The molecule has 0 spiro atoms. The first-order valence-corrected chi connectivity index (χ1v) is 18.9. The summed E-state index contributed by atoms with van der Waals surface area (Å²) in [5.41, 5.74) is 18.6. The van der Waals surface area contributed by atoms with E-state index in [2.05, 4.69) is 169 Å². The summed E-state index contributed by atoms with van der Waals surface area (Å²) < 4.78 is 11.2. The molecule has 2 aliphatic rings. The van der Waals surface area contributed by atoms with E-state index < -0.39 is 0 Å². The largest absolute Gasteiger partial charge is 0.464 e. The molecule has 3 nitrogen and oxygen atoms in total. The molecule has 2 aliphatic heterocycles. The van der Waals surface area contributed by atoms with Crippen LogP contribution >= 0.6 is 0 Å². The Morgan fingerprint density at radius 2 is 0.673 bits per heavy atom. The van der Waals surface area contributed by atoms with Gasteiger partial charge in [-0.25, -0.2) is 0 Å². The highest BCUT2D eigenvalue weighted by molar-refractivity contribution is 7.02. The molecule has 7 aromatic carbocycles. The molecule has 0 radical (unpaired) electrons. The fourth-order valence-electron chi connectivity index (χ4n) is 8.87. The molecule has 0 N–H and O–H groups in total. The molecule has 0 saturated heterocycles. The van der Waals surface area contributed by atoms with E-state index in [0.717, 1.165) is 22.6 Å². The lowest BCUT2D eigenvalue weighted by molar-refractivity contribution is 0.582. The zero-order valence-electron chi connectivity index (χ0n) is 30.0. The fraction of sp³-hybridized carbons (Fsp3) is 0. The molecule has 11 rings (SSSR count).